The highest BCUT2D eigenvalue weighted by Gasteiger charge is 2.29. The number of hydrogen-bond donors (Lipinski definition) is 1. The van der Waals surface area contributed by atoms with Crippen LogP contribution in [0.3, 0.4) is 0 Å². The van der Waals surface area contributed by atoms with Crippen LogP contribution >= 0.6 is 0 Å². The second-order valence-corrected chi connectivity index (χ2v) is 5.08. The number of benzene rings is 2. The van der Waals surface area contributed by atoms with Gasteiger partial charge in [0.05, 0.1) is 5.56 Å². The molecule has 2 aromatic rings. The lowest BCUT2D eigenvalue weighted by Gasteiger charge is -2.07. The molecule has 0 aliphatic carbocycles. The molecule has 0 fully saturated rings. The van der Waals surface area contributed by atoms with Crippen LogP contribution in [0.15, 0.2) is 42.5 Å². The largest absolute Gasteiger partial charge is 0.454 e. The molecule has 116 valence electrons. The summed E-state index contributed by atoms with van der Waals surface area (Å²) in [5.74, 6) is 1.48. The summed E-state index contributed by atoms with van der Waals surface area (Å²) in [6.07, 6.45) is -4.28. The van der Waals surface area contributed by atoms with Gasteiger partial charge in [-0.05, 0) is 30.3 Å². The van der Waals surface area contributed by atoms with Crippen LogP contribution in [0.5, 0.6) is 11.5 Å². The third-order valence-corrected chi connectivity index (χ3v) is 3.48. The number of fused-ring (bicyclic) bond motifs is 1. The van der Waals surface area contributed by atoms with E-state index in [-0.39, 0.29) is 6.79 Å². The van der Waals surface area contributed by atoms with E-state index in [2.05, 4.69) is 0 Å². The van der Waals surface area contributed by atoms with E-state index in [1.54, 1.807) is 0 Å². The maximum Gasteiger partial charge on any atom is 0.416 e. The Bertz CT molecular complexity index is 653. The maximum absolute atomic E-state index is 12.5. The highest BCUT2D eigenvalue weighted by molar-refractivity contribution is 5.44. The molecule has 1 aliphatic rings. The van der Waals surface area contributed by atoms with Crippen LogP contribution in [0.2, 0.25) is 0 Å². The topological polar surface area (TPSA) is 35.1 Å². The second-order valence-electron chi connectivity index (χ2n) is 5.08. The molecule has 2 aromatic carbocycles. The molecule has 6 heteroatoms. The van der Waals surface area contributed by atoms with Crippen molar-refractivity contribution < 1.29 is 28.0 Å². The van der Waals surface area contributed by atoms with E-state index in [9.17, 15) is 13.2 Å². The fraction of sp³-hybridized carbons (Fsp3) is 0.250. The number of quaternary nitrogens is 1. The van der Waals surface area contributed by atoms with Crippen molar-refractivity contribution in [3.63, 3.8) is 0 Å². The van der Waals surface area contributed by atoms with Crippen molar-refractivity contribution in [2.45, 2.75) is 19.3 Å². The number of ether oxygens (including phenoxy) is 2. The molecule has 0 radical (unpaired) electrons. The molecule has 0 atom stereocenters. The minimum absolute atomic E-state index is 0.244. The van der Waals surface area contributed by atoms with Gasteiger partial charge in [-0.25, -0.2) is 0 Å². The van der Waals surface area contributed by atoms with E-state index in [0.29, 0.717) is 6.54 Å². The summed E-state index contributed by atoms with van der Waals surface area (Å²) in [5, 5.41) is 2.03. The molecular weight excluding hydrogens is 295 g/mol. The summed E-state index contributed by atoms with van der Waals surface area (Å²) in [4.78, 5) is 0. The number of alkyl halides is 3. The van der Waals surface area contributed by atoms with E-state index in [0.717, 1.165) is 41.3 Å². The normalized spacial score (nSPS) is 13.4. The van der Waals surface area contributed by atoms with Crippen LogP contribution in [0, 0.1) is 0 Å². The molecule has 0 amide bonds. The average Bonchev–Trinajstić information content (AvgIpc) is 2.94. The van der Waals surface area contributed by atoms with Gasteiger partial charge in [0.1, 0.15) is 13.1 Å². The maximum atomic E-state index is 12.5. The monoisotopic (exact) mass is 310 g/mol. The van der Waals surface area contributed by atoms with Gasteiger partial charge in [0.2, 0.25) is 6.79 Å². The van der Waals surface area contributed by atoms with Gasteiger partial charge in [0.25, 0.3) is 0 Å². The van der Waals surface area contributed by atoms with Crippen molar-refractivity contribution in [2.24, 2.45) is 0 Å². The lowest BCUT2D eigenvalue weighted by Crippen LogP contribution is -2.80. The van der Waals surface area contributed by atoms with E-state index >= 15 is 0 Å². The third-order valence-electron chi connectivity index (χ3n) is 3.48. The van der Waals surface area contributed by atoms with Crippen molar-refractivity contribution in [3.05, 3.63) is 59.2 Å². The van der Waals surface area contributed by atoms with Crippen molar-refractivity contribution in [1.29, 1.82) is 0 Å². The van der Waals surface area contributed by atoms with Gasteiger partial charge in [-0.15, -0.1) is 0 Å². The van der Waals surface area contributed by atoms with Crippen LogP contribution in [0.1, 0.15) is 16.7 Å². The van der Waals surface area contributed by atoms with Gasteiger partial charge in [-0.3, -0.25) is 0 Å². The van der Waals surface area contributed by atoms with Crippen molar-refractivity contribution in [2.75, 3.05) is 6.79 Å². The lowest BCUT2D eigenvalue weighted by atomic mass is 10.1. The van der Waals surface area contributed by atoms with Crippen LogP contribution < -0.4 is 14.8 Å². The number of hydrogen-bond acceptors (Lipinski definition) is 2. The van der Waals surface area contributed by atoms with E-state index in [1.807, 2.05) is 23.5 Å². The summed E-state index contributed by atoms with van der Waals surface area (Å²) < 4.78 is 48.0. The number of rotatable bonds is 4. The minimum atomic E-state index is -4.28. The zero-order valence-electron chi connectivity index (χ0n) is 11.7. The first-order chi connectivity index (χ1) is 10.5. The SMILES string of the molecule is FC(F)(F)c1ccc(C[NH2+]Cc2ccc3c(c2)OCO3)cc1. The van der Waals surface area contributed by atoms with Crippen LogP contribution in [-0.2, 0) is 19.3 Å². The van der Waals surface area contributed by atoms with Gasteiger partial charge >= 0.3 is 6.18 Å². The van der Waals surface area contributed by atoms with Gasteiger partial charge < -0.3 is 14.8 Å². The average molecular weight is 310 g/mol. The first kappa shape index (κ1) is 14.7. The van der Waals surface area contributed by atoms with Crippen molar-refractivity contribution in [1.82, 2.24) is 0 Å². The predicted octanol–water partition coefficient (Wildman–Crippen LogP) is 2.70. The standard InChI is InChI=1S/C16H14F3NO2/c17-16(18,19)13-4-1-11(2-5-13)8-20-9-12-3-6-14-15(7-12)22-10-21-14/h1-7,20H,8-10H2/p+1. The molecule has 2 N–H and O–H groups in total. The Hall–Kier alpha value is -2.21. The Balaban J connectivity index is 1.55. The lowest BCUT2D eigenvalue weighted by molar-refractivity contribution is -0.686. The van der Waals surface area contributed by atoms with Gasteiger partial charge in [0.15, 0.2) is 11.5 Å². The Labute approximate surface area is 125 Å². The molecule has 0 aromatic heterocycles. The van der Waals surface area contributed by atoms with E-state index < -0.39 is 11.7 Å². The van der Waals surface area contributed by atoms with Gasteiger partial charge in [-0.2, -0.15) is 13.2 Å². The minimum Gasteiger partial charge on any atom is -0.454 e. The molecule has 3 rings (SSSR count). The first-order valence-corrected chi connectivity index (χ1v) is 6.89. The zero-order valence-corrected chi connectivity index (χ0v) is 11.7. The molecular formula is C16H15F3NO2+. The van der Waals surface area contributed by atoms with E-state index in [1.165, 1.54) is 12.1 Å². The number of nitrogens with two attached hydrogens (primary N) is 1. The van der Waals surface area contributed by atoms with Crippen LogP contribution in [0.25, 0.3) is 0 Å². The molecule has 22 heavy (non-hydrogen) atoms. The zero-order chi connectivity index (χ0) is 15.6. The molecule has 0 unspecified atom stereocenters. The smallest absolute Gasteiger partial charge is 0.416 e. The fourth-order valence-corrected chi connectivity index (χ4v) is 2.30. The Kier molecular flexibility index (Phi) is 3.94. The van der Waals surface area contributed by atoms with E-state index in [4.69, 9.17) is 9.47 Å². The molecule has 0 saturated heterocycles. The third kappa shape index (κ3) is 3.33. The summed E-state index contributed by atoms with van der Waals surface area (Å²) in [6, 6.07) is 11.0. The molecule has 0 spiro atoms. The van der Waals surface area contributed by atoms with Crippen LogP contribution in [-0.4, -0.2) is 6.79 Å². The van der Waals surface area contributed by atoms with Crippen molar-refractivity contribution in [3.8, 4) is 11.5 Å². The highest BCUT2D eigenvalue weighted by atomic mass is 19.4. The predicted molar refractivity (Wildman–Crippen MR) is 73.3 cm³/mol. The first-order valence-electron chi connectivity index (χ1n) is 6.89. The quantitative estimate of drug-likeness (QED) is 0.942. The second kappa shape index (κ2) is 5.88. The number of halogens is 3. The Morgan fingerprint density at radius 1 is 0.864 bits per heavy atom. The van der Waals surface area contributed by atoms with Crippen LogP contribution in [0.4, 0.5) is 13.2 Å². The summed E-state index contributed by atoms with van der Waals surface area (Å²) in [5.41, 5.74) is 1.32. The summed E-state index contributed by atoms with van der Waals surface area (Å²) >= 11 is 0. The molecule has 1 aliphatic heterocycles. The highest BCUT2D eigenvalue weighted by Crippen LogP contribution is 2.32. The van der Waals surface area contributed by atoms with Gasteiger partial charge in [0, 0.05) is 11.1 Å². The fourth-order valence-electron chi connectivity index (χ4n) is 2.30. The Morgan fingerprint density at radius 3 is 2.23 bits per heavy atom. The molecule has 1 heterocycles. The molecule has 3 nitrogen and oxygen atoms in total. The van der Waals surface area contributed by atoms with Crippen molar-refractivity contribution >= 4 is 0 Å². The molecule has 0 saturated carbocycles. The summed E-state index contributed by atoms with van der Waals surface area (Å²) in [7, 11) is 0. The van der Waals surface area contributed by atoms with Gasteiger partial charge in [-0.1, -0.05) is 12.1 Å². The summed E-state index contributed by atoms with van der Waals surface area (Å²) in [6.45, 7) is 1.58. The Morgan fingerprint density at radius 2 is 1.50 bits per heavy atom. The molecule has 0 bridgehead atoms.